The SMILES string of the molecule is [CH2]C(CCCF)OC. The van der Waals surface area contributed by atoms with E-state index < -0.39 is 0 Å². The standard InChI is InChI=1S/C6H12FO/c1-6(8-2)4-3-5-7/h6H,1,3-5H2,2H3. The molecule has 2 heteroatoms. The zero-order valence-corrected chi connectivity index (χ0v) is 5.19. The number of ether oxygens (including phenoxy) is 1. The third kappa shape index (κ3) is 4.06. The van der Waals surface area contributed by atoms with E-state index in [-0.39, 0.29) is 12.8 Å². The van der Waals surface area contributed by atoms with Crippen LogP contribution in [-0.4, -0.2) is 19.9 Å². The van der Waals surface area contributed by atoms with Gasteiger partial charge in [0.05, 0.1) is 12.8 Å². The number of methoxy groups -OCH3 is 1. The van der Waals surface area contributed by atoms with Crippen LogP contribution in [0.4, 0.5) is 4.39 Å². The third-order valence-electron chi connectivity index (χ3n) is 0.993. The summed E-state index contributed by atoms with van der Waals surface area (Å²) in [6.45, 7) is 3.34. The molecule has 0 N–H and O–H groups in total. The fourth-order valence-corrected chi connectivity index (χ4v) is 0.423. The molecule has 1 atom stereocenters. The van der Waals surface area contributed by atoms with Gasteiger partial charge in [0.1, 0.15) is 0 Å². The maximum atomic E-state index is 11.4. The molecule has 0 aromatic rings. The first-order chi connectivity index (χ1) is 3.81. The molecule has 1 nitrogen and oxygen atoms in total. The summed E-state index contributed by atoms with van der Waals surface area (Å²) >= 11 is 0. The van der Waals surface area contributed by atoms with Gasteiger partial charge in [-0.25, -0.2) is 0 Å². The molecule has 0 aliphatic heterocycles. The highest BCUT2D eigenvalue weighted by molar-refractivity contribution is 4.57. The van der Waals surface area contributed by atoms with Gasteiger partial charge in [-0.3, -0.25) is 4.39 Å². The minimum atomic E-state index is -0.268. The summed E-state index contributed by atoms with van der Waals surface area (Å²) in [7, 11) is 1.58. The molecule has 0 fully saturated rings. The zero-order valence-electron chi connectivity index (χ0n) is 5.19. The number of hydrogen-bond acceptors (Lipinski definition) is 1. The maximum Gasteiger partial charge on any atom is 0.0895 e. The average molecular weight is 119 g/mol. The van der Waals surface area contributed by atoms with Crippen molar-refractivity contribution >= 4 is 0 Å². The summed E-state index contributed by atoms with van der Waals surface area (Å²) in [5.74, 6) is 0. The van der Waals surface area contributed by atoms with Crippen molar-refractivity contribution in [1.29, 1.82) is 0 Å². The van der Waals surface area contributed by atoms with Gasteiger partial charge < -0.3 is 4.74 Å². The minimum absolute atomic E-state index is 0.0363. The van der Waals surface area contributed by atoms with Gasteiger partial charge in [0.25, 0.3) is 0 Å². The van der Waals surface area contributed by atoms with Gasteiger partial charge in [-0.1, -0.05) is 0 Å². The summed E-state index contributed by atoms with van der Waals surface area (Å²) in [6.07, 6.45) is 1.24. The van der Waals surface area contributed by atoms with E-state index in [0.29, 0.717) is 12.8 Å². The van der Waals surface area contributed by atoms with Gasteiger partial charge >= 0.3 is 0 Å². The third-order valence-corrected chi connectivity index (χ3v) is 0.993. The molecule has 0 aromatic heterocycles. The molecule has 8 heavy (non-hydrogen) atoms. The predicted octanol–water partition coefficient (Wildman–Crippen LogP) is 1.59. The van der Waals surface area contributed by atoms with E-state index in [0.717, 1.165) is 0 Å². The zero-order chi connectivity index (χ0) is 6.41. The summed E-state index contributed by atoms with van der Waals surface area (Å²) in [5.41, 5.74) is 0. The fraction of sp³-hybridized carbons (Fsp3) is 0.833. The predicted molar refractivity (Wildman–Crippen MR) is 31.4 cm³/mol. The fourth-order valence-electron chi connectivity index (χ4n) is 0.423. The molecule has 0 amide bonds. The van der Waals surface area contributed by atoms with Gasteiger partial charge in [0.15, 0.2) is 0 Å². The van der Waals surface area contributed by atoms with Crippen molar-refractivity contribution < 1.29 is 9.13 Å². The van der Waals surface area contributed by atoms with Crippen molar-refractivity contribution in [3.8, 4) is 0 Å². The van der Waals surface area contributed by atoms with Crippen molar-refractivity contribution in [3.05, 3.63) is 6.92 Å². The van der Waals surface area contributed by atoms with Crippen LogP contribution in [0.25, 0.3) is 0 Å². The van der Waals surface area contributed by atoms with Crippen LogP contribution in [0.15, 0.2) is 0 Å². The first kappa shape index (κ1) is 7.89. The Hall–Kier alpha value is -0.110. The number of rotatable bonds is 4. The quantitative estimate of drug-likeness (QED) is 0.546. The van der Waals surface area contributed by atoms with Crippen molar-refractivity contribution in [3.63, 3.8) is 0 Å². The van der Waals surface area contributed by atoms with Crippen molar-refractivity contribution in [2.75, 3.05) is 13.8 Å². The molecular formula is C6H12FO. The lowest BCUT2D eigenvalue weighted by Gasteiger charge is -2.05. The van der Waals surface area contributed by atoms with Crippen LogP contribution in [0.3, 0.4) is 0 Å². The Morgan fingerprint density at radius 3 is 2.75 bits per heavy atom. The van der Waals surface area contributed by atoms with E-state index in [2.05, 4.69) is 6.92 Å². The molecule has 0 saturated heterocycles. The largest absolute Gasteiger partial charge is 0.381 e. The Labute approximate surface area is 49.8 Å². The first-order valence-electron chi connectivity index (χ1n) is 2.73. The highest BCUT2D eigenvalue weighted by atomic mass is 19.1. The Kier molecular flexibility index (Phi) is 4.97. The highest BCUT2D eigenvalue weighted by Crippen LogP contribution is 1.98. The van der Waals surface area contributed by atoms with E-state index in [1.807, 2.05) is 0 Å². The monoisotopic (exact) mass is 119 g/mol. The molecule has 1 radical (unpaired) electrons. The molecule has 0 bridgehead atoms. The van der Waals surface area contributed by atoms with Crippen LogP contribution >= 0.6 is 0 Å². The summed E-state index contributed by atoms with van der Waals surface area (Å²) in [5, 5.41) is 0. The van der Waals surface area contributed by atoms with Crippen molar-refractivity contribution in [2.24, 2.45) is 0 Å². The van der Waals surface area contributed by atoms with E-state index in [1.54, 1.807) is 7.11 Å². The molecule has 0 rings (SSSR count). The normalized spacial score (nSPS) is 13.9. The molecule has 0 heterocycles. The highest BCUT2D eigenvalue weighted by Gasteiger charge is 1.96. The topological polar surface area (TPSA) is 9.23 Å². The van der Waals surface area contributed by atoms with Gasteiger partial charge in [0, 0.05) is 7.11 Å². The van der Waals surface area contributed by atoms with Gasteiger partial charge in [-0.15, -0.1) is 0 Å². The Balaban J connectivity index is 2.86. The summed E-state index contributed by atoms with van der Waals surface area (Å²) < 4.78 is 16.2. The van der Waals surface area contributed by atoms with Crippen LogP contribution < -0.4 is 0 Å². The van der Waals surface area contributed by atoms with E-state index >= 15 is 0 Å². The van der Waals surface area contributed by atoms with E-state index in [9.17, 15) is 4.39 Å². The minimum Gasteiger partial charge on any atom is -0.381 e. The summed E-state index contributed by atoms with van der Waals surface area (Å²) in [6, 6.07) is 0. The van der Waals surface area contributed by atoms with Crippen LogP contribution in [0.5, 0.6) is 0 Å². The lowest BCUT2D eigenvalue weighted by atomic mass is 10.2. The second kappa shape index (κ2) is 5.04. The molecule has 0 saturated carbocycles. The Bertz CT molecular complexity index is 47.8. The lowest BCUT2D eigenvalue weighted by Crippen LogP contribution is -2.04. The molecule has 0 aliphatic carbocycles. The van der Waals surface area contributed by atoms with Crippen molar-refractivity contribution in [2.45, 2.75) is 18.9 Å². The summed E-state index contributed by atoms with van der Waals surface area (Å²) in [4.78, 5) is 0. The lowest BCUT2D eigenvalue weighted by molar-refractivity contribution is 0.127. The van der Waals surface area contributed by atoms with Gasteiger partial charge in [-0.2, -0.15) is 0 Å². The van der Waals surface area contributed by atoms with E-state index in [4.69, 9.17) is 4.74 Å². The van der Waals surface area contributed by atoms with Crippen LogP contribution in [-0.2, 0) is 4.74 Å². The van der Waals surface area contributed by atoms with Crippen LogP contribution in [0, 0.1) is 6.92 Å². The first-order valence-corrected chi connectivity index (χ1v) is 2.73. The second-order valence-corrected chi connectivity index (χ2v) is 1.69. The average Bonchev–Trinajstić information content (AvgIpc) is 1.83. The molecule has 0 aliphatic rings. The Morgan fingerprint density at radius 2 is 2.38 bits per heavy atom. The van der Waals surface area contributed by atoms with Gasteiger partial charge in [0.2, 0.25) is 0 Å². The molecular weight excluding hydrogens is 107 g/mol. The van der Waals surface area contributed by atoms with Crippen LogP contribution in [0.2, 0.25) is 0 Å². The number of halogens is 1. The number of alkyl halides is 1. The second-order valence-electron chi connectivity index (χ2n) is 1.69. The van der Waals surface area contributed by atoms with Crippen LogP contribution in [0.1, 0.15) is 12.8 Å². The van der Waals surface area contributed by atoms with Gasteiger partial charge in [-0.05, 0) is 19.8 Å². The van der Waals surface area contributed by atoms with E-state index in [1.165, 1.54) is 0 Å². The molecule has 0 aromatic carbocycles. The Morgan fingerprint density at radius 1 is 1.75 bits per heavy atom. The molecule has 49 valence electrons. The maximum absolute atomic E-state index is 11.4. The number of hydrogen-bond donors (Lipinski definition) is 0. The van der Waals surface area contributed by atoms with Crippen molar-refractivity contribution in [1.82, 2.24) is 0 Å². The molecule has 0 spiro atoms. The molecule has 1 unspecified atom stereocenters. The smallest absolute Gasteiger partial charge is 0.0895 e.